The Labute approximate surface area is 96.8 Å². The van der Waals surface area contributed by atoms with Gasteiger partial charge < -0.3 is 15.6 Å². The van der Waals surface area contributed by atoms with Crippen LogP contribution in [-0.2, 0) is 4.74 Å². The maximum absolute atomic E-state index is 13.2. The number of nitrogens with two attached hydrogens (primary N) is 1. The van der Waals surface area contributed by atoms with Gasteiger partial charge in [-0.3, -0.25) is 4.57 Å². The van der Waals surface area contributed by atoms with Gasteiger partial charge in [0.25, 0.3) is 0 Å². The molecule has 0 aromatic carbocycles. The Morgan fingerprint density at radius 1 is 1.82 bits per heavy atom. The van der Waals surface area contributed by atoms with Gasteiger partial charge in [-0.25, -0.2) is 9.18 Å². The highest BCUT2D eigenvalue weighted by molar-refractivity contribution is 5.26. The Hall–Kier alpha value is -1.47. The van der Waals surface area contributed by atoms with Crippen LogP contribution in [0.4, 0.5) is 10.2 Å². The summed E-state index contributed by atoms with van der Waals surface area (Å²) in [5, 5.41) is 9.14. The van der Waals surface area contributed by atoms with Crippen LogP contribution in [0, 0.1) is 5.82 Å². The largest absolute Gasteiger partial charge is 0.393 e. The maximum Gasteiger partial charge on any atom is 0.351 e. The number of anilines is 1. The maximum atomic E-state index is 13.2. The van der Waals surface area contributed by atoms with Crippen molar-refractivity contribution in [3.05, 3.63) is 22.5 Å². The van der Waals surface area contributed by atoms with Gasteiger partial charge in [-0.15, -0.1) is 0 Å². The first-order valence-electron chi connectivity index (χ1n) is 5.28. The van der Waals surface area contributed by atoms with Gasteiger partial charge in [-0.1, -0.05) is 0 Å². The molecule has 7 heteroatoms. The second kappa shape index (κ2) is 4.08. The van der Waals surface area contributed by atoms with Crippen molar-refractivity contribution in [3.8, 4) is 0 Å². The standard InChI is InChI=1S/C10H14FN3O3/c1-10(5-15)3-2-7(17-10)14-4-6(11)8(12)13-9(14)16/h4,7,15H,2-3,5H2,1H3,(H2,12,13,16)/t7-,10?/m0/s1. The van der Waals surface area contributed by atoms with Crippen LogP contribution in [0.25, 0.3) is 0 Å². The minimum absolute atomic E-state index is 0.150. The number of halogens is 1. The molecule has 6 nitrogen and oxygen atoms in total. The summed E-state index contributed by atoms with van der Waals surface area (Å²) in [4.78, 5) is 14.9. The minimum atomic E-state index is -0.759. The molecule has 0 saturated carbocycles. The van der Waals surface area contributed by atoms with Crippen molar-refractivity contribution in [3.63, 3.8) is 0 Å². The molecule has 0 bridgehead atoms. The predicted molar refractivity (Wildman–Crippen MR) is 57.7 cm³/mol. The first-order chi connectivity index (χ1) is 7.95. The van der Waals surface area contributed by atoms with Gasteiger partial charge in [0.2, 0.25) is 0 Å². The fourth-order valence-corrected chi connectivity index (χ4v) is 1.85. The molecule has 94 valence electrons. The lowest BCUT2D eigenvalue weighted by Crippen LogP contribution is -2.32. The van der Waals surface area contributed by atoms with Gasteiger partial charge in [-0.2, -0.15) is 4.98 Å². The summed E-state index contributed by atoms with van der Waals surface area (Å²) in [6, 6.07) is 0. The van der Waals surface area contributed by atoms with E-state index in [1.807, 2.05) is 0 Å². The molecule has 0 spiro atoms. The molecule has 1 saturated heterocycles. The van der Waals surface area contributed by atoms with E-state index in [0.29, 0.717) is 12.8 Å². The Morgan fingerprint density at radius 3 is 3.12 bits per heavy atom. The summed E-state index contributed by atoms with van der Waals surface area (Å²) in [5.41, 5.74) is 3.84. The van der Waals surface area contributed by atoms with Crippen LogP contribution >= 0.6 is 0 Å². The topological polar surface area (TPSA) is 90.4 Å². The van der Waals surface area contributed by atoms with Crippen molar-refractivity contribution in [2.24, 2.45) is 0 Å². The molecule has 1 unspecified atom stereocenters. The van der Waals surface area contributed by atoms with Gasteiger partial charge in [0.1, 0.15) is 6.23 Å². The molecule has 2 heterocycles. The van der Waals surface area contributed by atoms with Crippen LogP contribution in [0.15, 0.2) is 11.0 Å². The lowest BCUT2D eigenvalue weighted by molar-refractivity contribution is -0.0883. The second-order valence-electron chi connectivity index (χ2n) is 4.38. The molecular formula is C10H14FN3O3. The first-order valence-corrected chi connectivity index (χ1v) is 5.28. The zero-order valence-corrected chi connectivity index (χ0v) is 9.39. The summed E-state index contributed by atoms with van der Waals surface area (Å²) < 4.78 is 19.8. The van der Waals surface area contributed by atoms with Crippen molar-refractivity contribution < 1.29 is 14.2 Å². The van der Waals surface area contributed by atoms with Gasteiger partial charge in [0, 0.05) is 0 Å². The van der Waals surface area contributed by atoms with E-state index in [9.17, 15) is 9.18 Å². The second-order valence-corrected chi connectivity index (χ2v) is 4.38. The van der Waals surface area contributed by atoms with Crippen LogP contribution < -0.4 is 11.4 Å². The summed E-state index contributed by atoms with van der Waals surface area (Å²) in [7, 11) is 0. The molecule has 1 aromatic heterocycles. The number of hydrogen-bond acceptors (Lipinski definition) is 5. The average molecular weight is 243 g/mol. The summed E-state index contributed by atoms with van der Waals surface area (Å²) >= 11 is 0. The van der Waals surface area contributed by atoms with Gasteiger partial charge in [0.15, 0.2) is 11.6 Å². The Bertz CT molecular complexity index is 490. The van der Waals surface area contributed by atoms with Crippen molar-refractivity contribution in [1.82, 2.24) is 9.55 Å². The molecule has 17 heavy (non-hydrogen) atoms. The number of aliphatic hydroxyl groups is 1. The number of hydrogen-bond donors (Lipinski definition) is 2. The van der Waals surface area contributed by atoms with Crippen LogP contribution in [-0.4, -0.2) is 26.9 Å². The average Bonchev–Trinajstić information content (AvgIpc) is 2.67. The van der Waals surface area contributed by atoms with Gasteiger partial charge in [0.05, 0.1) is 18.4 Å². The van der Waals surface area contributed by atoms with Crippen LogP contribution in [0.2, 0.25) is 0 Å². The molecule has 1 aromatic rings. The lowest BCUT2D eigenvalue weighted by atomic mass is 10.0. The zero-order chi connectivity index (χ0) is 12.6. The van der Waals surface area contributed by atoms with E-state index in [4.69, 9.17) is 15.6 Å². The number of nitrogen functional groups attached to an aromatic ring is 1. The molecule has 1 fully saturated rings. The highest BCUT2D eigenvalue weighted by Crippen LogP contribution is 2.35. The van der Waals surface area contributed by atoms with E-state index >= 15 is 0 Å². The fraction of sp³-hybridized carbons (Fsp3) is 0.600. The summed E-state index contributed by atoms with van der Waals surface area (Å²) in [6.07, 6.45) is 1.48. The van der Waals surface area contributed by atoms with E-state index in [1.165, 1.54) is 0 Å². The number of ether oxygens (including phenoxy) is 1. The number of nitrogens with zero attached hydrogens (tertiary/aromatic N) is 2. The van der Waals surface area contributed by atoms with E-state index in [0.717, 1.165) is 10.8 Å². The van der Waals surface area contributed by atoms with Crippen LogP contribution in [0.5, 0.6) is 0 Å². The van der Waals surface area contributed by atoms with E-state index in [-0.39, 0.29) is 6.61 Å². The highest BCUT2D eigenvalue weighted by atomic mass is 19.1. The number of aliphatic hydroxyl groups excluding tert-OH is 1. The zero-order valence-electron chi connectivity index (χ0n) is 9.39. The third-order valence-electron chi connectivity index (χ3n) is 2.92. The quantitative estimate of drug-likeness (QED) is 0.764. The van der Waals surface area contributed by atoms with Crippen molar-refractivity contribution >= 4 is 5.82 Å². The lowest BCUT2D eigenvalue weighted by Gasteiger charge is -2.22. The van der Waals surface area contributed by atoms with E-state index < -0.39 is 29.2 Å². The van der Waals surface area contributed by atoms with Crippen molar-refractivity contribution in [1.29, 1.82) is 0 Å². The van der Waals surface area contributed by atoms with Crippen LogP contribution in [0.1, 0.15) is 26.0 Å². The summed E-state index contributed by atoms with van der Waals surface area (Å²) in [5.74, 6) is -1.18. The third-order valence-corrected chi connectivity index (χ3v) is 2.92. The molecule has 0 amide bonds. The molecular weight excluding hydrogens is 229 g/mol. The Kier molecular flexibility index (Phi) is 2.88. The SMILES string of the molecule is CC1(CO)CC[C@@H](n2cc(F)c(N)nc2=O)O1. The Balaban J connectivity index is 2.31. The molecule has 1 aliphatic heterocycles. The summed E-state index contributed by atoms with van der Waals surface area (Å²) in [6.45, 7) is 1.59. The fourth-order valence-electron chi connectivity index (χ4n) is 1.85. The van der Waals surface area contributed by atoms with Crippen LogP contribution in [0.3, 0.4) is 0 Å². The molecule has 3 N–H and O–H groups in total. The number of rotatable bonds is 2. The van der Waals surface area contributed by atoms with Crippen molar-refractivity contribution in [2.45, 2.75) is 31.6 Å². The van der Waals surface area contributed by atoms with E-state index in [1.54, 1.807) is 6.92 Å². The van der Waals surface area contributed by atoms with Gasteiger partial charge in [-0.05, 0) is 19.8 Å². The highest BCUT2D eigenvalue weighted by Gasteiger charge is 2.37. The molecule has 1 aliphatic rings. The minimum Gasteiger partial charge on any atom is -0.393 e. The third kappa shape index (κ3) is 2.16. The Morgan fingerprint density at radius 2 is 2.53 bits per heavy atom. The van der Waals surface area contributed by atoms with E-state index in [2.05, 4.69) is 4.98 Å². The smallest absolute Gasteiger partial charge is 0.351 e. The molecule has 0 radical (unpaired) electrons. The molecule has 0 aliphatic carbocycles. The molecule has 2 atom stereocenters. The number of aromatic nitrogens is 2. The normalized spacial score (nSPS) is 28.5. The first kappa shape index (κ1) is 12.0. The van der Waals surface area contributed by atoms with Gasteiger partial charge >= 0.3 is 5.69 Å². The predicted octanol–water partition coefficient (Wildman–Crippen LogP) is 0.0246. The monoisotopic (exact) mass is 243 g/mol. The molecule has 2 rings (SSSR count). The van der Waals surface area contributed by atoms with Crippen molar-refractivity contribution in [2.75, 3.05) is 12.3 Å².